The van der Waals surface area contributed by atoms with Gasteiger partial charge in [0, 0.05) is 55.1 Å². The molecule has 0 fully saturated rings. The monoisotopic (exact) mass is 881 g/mol. The van der Waals surface area contributed by atoms with E-state index in [1.807, 2.05) is 12.1 Å². The number of ether oxygens (including phenoxy) is 1. The van der Waals surface area contributed by atoms with Crippen LogP contribution in [0, 0.1) is 0 Å². The first-order valence-electron chi connectivity index (χ1n) is 24.0. The molecule has 0 bridgehead atoms. The Morgan fingerprint density at radius 3 is 1.54 bits per heavy atom. The van der Waals surface area contributed by atoms with Crippen LogP contribution in [0.15, 0.2) is 229 Å². The smallest absolute Gasteiger partial charge is 0.140 e. The van der Waals surface area contributed by atoms with Crippen LogP contribution >= 0.6 is 0 Å². The molecule has 69 heavy (non-hydrogen) atoms. The van der Waals surface area contributed by atoms with Crippen molar-refractivity contribution in [3.63, 3.8) is 0 Å². The van der Waals surface area contributed by atoms with Gasteiger partial charge < -0.3 is 14.1 Å². The van der Waals surface area contributed by atoms with E-state index in [4.69, 9.17) is 9.15 Å². The van der Waals surface area contributed by atoms with Gasteiger partial charge in [-0.05, 0) is 121 Å². The van der Waals surface area contributed by atoms with E-state index < -0.39 is 5.41 Å². The highest BCUT2D eigenvalue weighted by molar-refractivity contribution is 6.06. The lowest BCUT2D eigenvalue weighted by atomic mass is 9.65. The molecule has 3 nitrogen and oxygen atoms in total. The lowest BCUT2D eigenvalue weighted by Gasteiger charge is -2.40. The maximum Gasteiger partial charge on any atom is 0.140 e. The highest BCUT2D eigenvalue weighted by Gasteiger charge is 2.52. The van der Waals surface area contributed by atoms with Gasteiger partial charge >= 0.3 is 0 Å². The Morgan fingerprint density at radius 2 is 0.841 bits per heavy atom. The van der Waals surface area contributed by atoms with E-state index in [1.54, 1.807) is 0 Å². The first kappa shape index (κ1) is 38.4. The number of rotatable bonds is 4. The van der Waals surface area contributed by atoms with Crippen molar-refractivity contribution in [3.8, 4) is 44.9 Å². The van der Waals surface area contributed by atoms with E-state index in [0.717, 1.165) is 94.3 Å². The van der Waals surface area contributed by atoms with Crippen molar-refractivity contribution in [1.29, 1.82) is 0 Å². The van der Waals surface area contributed by atoms with Crippen molar-refractivity contribution in [2.24, 2.45) is 0 Å². The maximum atomic E-state index is 7.30. The molecule has 15 rings (SSSR count). The number of hydrogen-bond donors (Lipinski definition) is 0. The Bertz CT molecular complexity index is 4070. The lowest BCUT2D eigenvalue weighted by molar-refractivity contribution is 0.447. The van der Waals surface area contributed by atoms with Crippen LogP contribution in [0.4, 0.5) is 17.1 Å². The fourth-order valence-electron chi connectivity index (χ4n) is 12.5. The summed E-state index contributed by atoms with van der Waals surface area (Å²) in [5, 5.41) is 6.80. The summed E-state index contributed by atoms with van der Waals surface area (Å²) >= 11 is 0. The first-order valence-corrected chi connectivity index (χ1v) is 24.0. The number of para-hydroxylation sites is 1. The second kappa shape index (κ2) is 13.9. The minimum absolute atomic E-state index is 0.169. The predicted octanol–water partition coefficient (Wildman–Crippen LogP) is 17.8. The molecule has 0 unspecified atom stereocenters. The predicted molar refractivity (Wildman–Crippen MR) is 284 cm³/mol. The van der Waals surface area contributed by atoms with Crippen molar-refractivity contribution < 1.29 is 9.15 Å². The molecule has 0 radical (unpaired) electrons. The molecule has 1 aliphatic heterocycles. The highest BCUT2D eigenvalue weighted by atomic mass is 16.5. The number of nitrogens with zero attached hydrogens (tertiary/aromatic N) is 1. The Labute approximate surface area is 400 Å². The van der Waals surface area contributed by atoms with Gasteiger partial charge in [-0.2, -0.15) is 0 Å². The molecule has 12 aromatic rings. The first-order chi connectivity index (χ1) is 33.9. The fraction of sp³-hybridized carbons (Fsp3) is 0.0606. The Kier molecular flexibility index (Phi) is 7.77. The van der Waals surface area contributed by atoms with Crippen LogP contribution in [0.1, 0.15) is 47.2 Å². The van der Waals surface area contributed by atoms with Gasteiger partial charge in [0.05, 0.1) is 5.41 Å². The molecular formula is C66H43NO2. The van der Waals surface area contributed by atoms with Crippen LogP contribution in [0.2, 0.25) is 0 Å². The zero-order valence-electron chi connectivity index (χ0n) is 38.1. The van der Waals surface area contributed by atoms with Gasteiger partial charge in [0.25, 0.3) is 0 Å². The van der Waals surface area contributed by atoms with Crippen molar-refractivity contribution in [2.45, 2.75) is 24.7 Å². The molecule has 1 spiro atoms. The topological polar surface area (TPSA) is 25.6 Å². The van der Waals surface area contributed by atoms with Crippen LogP contribution in [-0.2, 0) is 10.8 Å². The Balaban J connectivity index is 0.967. The molecule has 11 aromatic carbocycles. The van der Waals surface area contributed by atoms with Crippen molar-refractivity contribution >= 4 is 60.5 Å². The van der Waals surface area contributed by atoms with Gasteiger partial charge in [-0.1, -0.05) is 184 Å². The number of anilines is 3. The standard InChI is InChI=1S/C66H43NO2/c1-65(2)55-20-10-7-17-49(55)51-33-30-45(38-59(51)65)67(44-28-23-40(24-29-44)43-25-32-54-53-19-9-12-22-61(53)68-62(54)37-43)46-31-34-52-50-18-8-11-21-56(50)66(60(52)39-46)57-35-26-41-13-3-5-15-47(41)63(57)69-64-48-16-6-4-14-42(48)27-36-58(64)66/h3-39H,1-2H3. The average molecular weight is 882 g/mol. The summed E-state index contributed by atoms with van der Waals surface area (Å²) in [6.45, 7) is 4.73. The maximum absolute atomic E-state index is 7.30. The number of benzene rings is 11. The van der Waals surface area contributed by atoms with Gasteiger partial charge in [0.2, 0.25) is 0 Å². The van der Waals surface area contributed by atoms with E-state index in [-0.39, 0.29) is 5.41 Å². The molecule has 2 aliphatic carbocycles. The third-order valence-electron chi connectivity index (χ3n) is 15.7. The molecule has 3 aliphatic rings. The third kappa shape index (κ3) is 5.22. The quantitative estimate of drug-likeness (QED) is 0.176. The van der Waals surface area contributed by atoms with Crippen LogP contribution in [0.5, 0.6) is 11.5 Å². The number of fused-ring (bicyclic) bond motifs is 19. The van der Waals surface area contributed by atoms with Gasteiger partial charge in [-0.25, -0.2) is 0 Å². The molecule has 1 aromatic heterocycles. The minimum Gasteiger partial charge on any atom is -0.456 e. The minimum atomic E-state index is -0.675. The summed E-state index contributed by atoms with van der Waals surface area (Å²) in [7, 11) is 0. The summed E-state index contributed by atoms with van der Waals surface area (Å²) in [6.07, 6.45) is 0. The van der Waals surface area contributed by atoms with Gasteiger partial charge in [-0.15, -0.1) is 0 Å². The lowest BCUT2D eigenvalue weighted by Crippen LogP contribution is -2.32. The molecule has 0 N–H and O–H groups in total. The zero-order valence-corrected chi connectivity index (χ0v) is 38.1. The Hall–Kier alpha value is -8.66. The van der Waals surface area contributed by atoms with Gasteiger partial charge in [-0.3, -0.25) is 0 Å². The molecule has 3 heteroatoms. The summed E-state index contributed by atoms with van der Waals surface area (Å²) in [4.78, 5) is 2.46. The SMILES string of the molecule is CC1(C)c2ccccc2-c2ccc(N(c3ccc(-c4ccc5c(c4)oc4ccccc45)cc3)c3ccc4c(c3)C3(c5ccccc5-4)c4ccc5ccccc5c4Oc4c3ccc3ccccc43)cc21. The zero-order chi connectivity index (χ0) is 45.6. The van der Waals surface area contributed by atoms with Crippen LogP contribution in [0.25, 0.3) is 76.9 Å². The summed E-state index contributed by atoms with van der Waals surface area (Å²) in [5.74, 6) is 1.83. The van der Waals surface area contributed by atoms with E-state index in [1.165, 1.54) is 44.5 Å². The van der Waals surface area contributed by atoms with Crippen LogP contribution in [0.3, 0.4) is 0 Å². The largest absolute Gasteiger partial charge is 0.456 e. The highest BCUT2D eigenvalue weighted by Crippen LogP contribution is 2.64. The Morgan fingerprint density at radius 1 is 0.333 bits per heavy atom. The molecule has 2 heterocycles. The van der Waals surface area contributed by atoms with Crippen LogP contribution in [-0.4, -0.2) is 0 Å². The second-order valence-electron chi connectivity index (χ2n) is 19.5. The summed E-state index contributed by atoms with van der Waals surface area (Å²) < 4.78 is 13.6. The van der Waals surface area contributed by atoms with Crippen molar-refractivity contribution in [3.05, 3.63) is 258 Å². The van der Waals surface area contributed by atoms with Gasteiger partial charge in [0.15, 0.2) is 0 Å². The molecule has 0 saturated heterocycles. The number of hydrogen-bond acceptors (Lipinski definition) is 3. The normalized spacial score (nSPS) is 14.3. The second-order valence-corrected chi connectivity index (χ2v) is 19.5. The van der Waals surface area contributed by atoms with Crippen molar-refractivity contribution in [2.75, 3.05) is 4.90 Å². The summed E-state index contributed by atoms with van der Waals surface area (Å²) in [5.41, 5.74) is 19.1. The molecule has 0 atom stereocenters. The van der Waals surface area contributed by atoms with E-state index in [9.17, 15) is 0 Å². The molecule has 0 amide bonds. The number of furan rings is 1. The summed E-state index contributed by atoms with van der Waals surface area (Å²) in [6, 6.07) is 82.6. The van der Waals surface area contributed by atoms with Crippen molar-refractivity contribution in [1.82, 2.24) is 0 Å². The van der Waals surface area contributed by atoms with E-state index >= 15 is 0 Å². The molecule has 324 valence electrons. The third-order valence-corrected chi connectivity index (χ3v) is 15.7. The molecular weight excluding hydrogens is 839 g/mol. The van der Waals surface area contributed by atoms with E-state index in [2.05, 4.69) is 231 Å². The van der Waals surface area contributed by atoms with Crippen LogP contribution < -0.4 is 9.64 Å². The fourth-order valence-corrected chi connectivity index (χ4v) is 12.5. The molecule has 0 saturated carbocycles. The van der Waals surface area contributed by atoms with E-state index in [0.29, 0.717) is 0 Å². The average Bonchev–Trinajstić information content (AvgIpc) is 3.99. The van der Waals surface area contributed by atoms with Gasteiger partial charge in [0.1, 0.15) is 22.7 Å².